The molecule has 8 heteroatoms. The normalized spacial score (nSPS) is 12.0. The van der Waals surface area contributed by atoms with Crippen LogP contribution < -0.4 is 20.1 Å². The van der Waals surface area contributed by atoms with E-state index in [0.717, 1.165) is 19.6 Å². The molecule has 0 aliphatic heterocycles. The lowest BCUT2D eigenvalue weighted by molar-refractivity contribution is -0.0504. The second-order valence-electron chi connectivity index (χ2n) is 5.93. The number of guanidine groups is 1. The lowest BCUT2D eigenvalue weighted by atomic mass is 10.2. The number of aliphatic imine (C=N–C) groups is 1. The summed E-state index contributed by atoms with van der Waals surface area (Å²) in [5, 5.41) is 6.34. The van der Waals surface area contributed by atoms with Gasteiger partial charge in [-0.05, 0) is 38.6 Å². The predicted octanol–water partition coefficient (Wildman–Crippen LogP) is 2.69. The van der Waals surface area contributed by atoms with Crippen LogP contribution in [0.2, 0.25) is 0 Å². The Bertz CT molecular complexity index is 568. The average molecular weight is 372 g/mol. The standard InChI is InChI=1S/C18H30F2N4O2/c1-6-24(13(2)3)10-9-22-18(21-4)23-12-14-11-15(25-5)7-8-16(14)26-17(19)20/h7-8,11,13,17H,6,9-10,12H2,1-5H3,(H2,21,22,23). The molecule has 0 spiro atoms. The number of methoxy groups -OCH3 is 1. The van der Waals surface area contributed by atoms with Gasteiger partial charge >= 0.3 is 6.61 Å². The van der Waals surface area contributed by atoms with Gasteiger partial charge in [-0.15, -0.1) is 0 Å². The molecule has 1 rings (SSSR count). The molecule has 0 aromatic heterocycles. The average Bonchev–Trinajstić information content (AvgIpc) is 2.61. The summed E-state index contributed by atoms with van der Waals surface area (Å²) < 4.78 is 34.9. The fraction of sp³-hybridized carbons (Fsp3) is 0.611. The smallest absolute Gasteiger partial charge is 0.387 e. The molecule has 0 saturated heterocycles. The molecular formula is C18H30F2N4O2. The summed E-state index contributed by atoms with van der Waals surface area (Å²) in [7, 11) is 3.19. The zero-order valence-corrected chi connectivity index (χ0v) is 16.2. The van der Waals surface area contributed by atoms with Crippen LogP contribution in [0.1, 0.15) is 26.3 Å². The van der Waals surface area contributed by atoms with Gasteiger partial charge in [-0.1, -0.05) is 6.92 Å². The van der Waals surface area contributed by atoms with Crippen LogP contribution in [-0.2, 0) is 6.54 Å². The molecule has 0 bridgehead atoms. The Kier molecular flexibility index (Phi) is 9.72. The number of likely N-dealkylation sites (N-methyl/N-ethyl adjacent to an activating group) is 1. The van der Waals surface area contributed by atoms with E-state index in [1.54, 1.807) is 19.2 Å². The number of hydrogen-bond donors (Lipinski definition) is 2. The van der Waals surface area contributed by atoms with Crippen molar-refractivity contribution in [1.29, 1.82) is 0 Å². The van der Waals surface area contributed by atoms with Crippen molar-refractivity contribution in [2.45, 2.75) is 40.0 Å². The zero-order valence-electron chi connectivity index (χ0n) is 16.2. The van der Waals surface area contributed by atoms with E-state index in [2.05, 4.69) is 46.0 Å². The van der Waals surface area contributed by atoms with Gasteiger partial charge in [0.2, 0.25) is 0 Å². The predicted molar refractivity (Wildman–Crippen MR) is 100 cm³/mol. The fourth-order valence-corrected chi connectivity index (χ4v) is 2.53. The van der Waals surface area contributed by atoms with E-state index in [9.17, 15) is 8.78 Å². The first-order chi connectivity index (χ1) is 12.4. The molecule has 6 nitrogen and oxygen atoms in total. The second kappa shape index (κ2) is 11.5. The number of alkyl halides is 2. The van der Waals surface area contributed by atoms with Crippen molar-refractivity contribution in [3.8, 4) is 11.5 Å². The lowest BCUT2D eigenvalue weighted by Gasteiger charge is -2.25. The van der Waals surface area contributed by atoms with E-state index in [4.69, 9.17) is 4.74 Å². The highest BCUT2D eigenvalue weighted by molar-refractivity contribution is 5.79. The van der Waals surface area contributed by atoms with E-state index in [0.29, 0.717) is 23.3 Å². The minimum absolute atomic E-state index is 0.112. The van der Waals surface area contributed by atoms with Gasteiger partial charge in [0.15, 0.2) is 5.96 Å². The molecule has 0 fully saturated rings. The Balaban J connectivity index is 2.64. The lowest BCUT2D eigenvalue weighted by Crippen LogP contribution is -2.42. The van der Waals surface area contributed by atoms with Gasteiger partial charge in [0.25, 0.3) is 0 Å². The van der Waals surface area contributed by atoms with E-state index >= 15 is 0 Å². The van der Waals surface area contributed by atoms with Gasteiger partial charge in [0.1, 0.15) is 11.5 Å². The number of nitrogens with zero attached hydrogens (tertiary/aromatic N) is 2. The molecule has 0 heterocycles. The molecule has 0 saturated carbocycles. The van der Waals surface area contributed by atoms with E-state index in [1.165, 1.54) is 13.2 Å². The fourth-order valence-electron chi connectivity index (χ4n) is 2.53. The SMILES string of the molecule is CCN(CCNC(=NC)NCc1cc(OC)ccc1OC(F)F)C(C)C. The monoisotopic (exact) mass is 372 g/mol. The van der Waals surface area contributed by atoms with Crippen LogP contribution >= 0.6 is 0 Å². The van der Waals surface area contributed by atoms with E-state index in [-0.39, 0.29) is 12.3 Å². The van der Waals surface area contributed by atoms with Gasteiger partial charge in [0, 0.05) is 38.3 Å². The van der Waals surface area contributed by atoms with Crippen LogP contribution in [0.4, 0.5) is 8.78 Å². The van der Waals surface area contributed by atoms with Gasteiger partial charge in [-0.25, -0.2) is 0 Å². The Morgan fingerprint density at radius 2 is 2.00 bits per heavy atom. The molecule has 1 aromatic rings. The largest absolute Gasteiger partial charge is 0.497 e. The molecule has 0 atom stereocenters. The van der Waals surface area contributed by atoms with Gasteiger partial charge < -0.3 is 20.1 Å². The number of benzene rings is 1. The number of hydrogen-bond acceptors (Lipinski definition) is 4. The number of halogens is 2. The van der Waals surface area contributed by atoms with Crippen LogP contribution in [0.25, 0.3) is 0 Å². The molecule has 0 aliphatic carbocycles. The third kappa shape index (κ3) is 7.43. The van der Waals surface area contributed by atoms with Gasteiger partial charge in [0.05, 0.1) is 7.11 Å². The van der Waals surface area contributed by atoms with Crippen molar-refractivity contribution >= 4 is 5.96 Å². The minimum Gasteiger partial charge on any atom is -0.497 e. The summed E-state index contributed by atoms with van der Waals surface area (Å²) >= 11 is 0. The van der Waals surface area contributed by atoms with Crippen LogP contribution in [-0.4, -0.2) is 57.3 Å². The molecule has 0 aliphatic rings. The van der Waals surface area contributed by atoms with Crippen LogP contribution in [0, 0.1) is 0 Å². The zero-order chi connectivity index (χ0) is 19.5. The molecule has 26 heavy (non-hydrogen) atoms. The molecule has 2 N–H and O–H groups in total. The Labute approximate surface area is 154 Å². The van der Waals surface area contributed by atoms with Crippen molar-refractivity contribution in [3.63, 3.8) is 0 Å². The number of rotatable bonds is 10. The summed E-state index contributed by atoms with van der Waals surface area (Å²) in [6.45, 7) is 6.42. The molecule has 0 amide bonds. The number of nitrogens with one attached hydrogen (secondary N) is 2. The summed E-state index contributed by atoms with van der Waals surface area (Å²) in [4.78, 5) is 6.49. The van der Waals surface area contributed by atoms with Crippen molar-refractivity contribution in [2.24, 2.45) is 4.99 Å². The molecule has 0 radical (unpaired) electrons. The van der Waals surface area contributed by atoms with Gasteiger partial charge in [-0.2, -0.15) is 8.78 Å². The van der Waals surface area contributed by atoms with E-state index in [1.807, 2.05) is 0 Å². The molecular weight excluding hydrogens is 342 g/mol. The first-order valence-corrected chi connectivity index (χ1v) is 8.71. The Morgan fingerprint density at radius 1 is 1.27 bits per heavy atom. The third-order valence-electron chi connectivity index (χ3n) is 3.98. The van der Waals surface area contributed by atoms with Crippen LogP contribution in [0.3, 0.4) is 0 Å². The topological polar surface area (TPSA) is 58.1 Å². The maximum atomic E-state index is 12.6. The third-order valence-corrected chi connectivity index (χ3v) is 3.98. The van der Waals surface area contributed by atoms with Crippen molar-refractivity contribution < 1.29 is 18.3 Å². The molecule has 1 aromatic carbocycles. The van der Waals surface area contributed by atoms with Gasteiger partial charge in [-0.3, -0.25) is 9.89 Å². The first kappa shape index (κ1) is 22.0. The van der Waals surface area contributed by atoms with Crippen LogP contribution in [0.15, 0.2) is 23.2 Å². The van der Waals surface area contributed by atoms with Crippen molar-refractivity contribution in [2.75, 3.05) is 33.8 Å². The maximum Gasteiger partial charge on any atom is 0.387 e. The summed E-state index contributed by atoms with van der Waals surface area (Å²) in [5.74, 6) is 1.28. The Morgan fingerprint density at radius 3 is 2.54 bits per heavy atom. The second-order valence-corrected chi connectivity index (χ2v) is 5.93. The maximum absolute atomic E-state index is 12.6. The minimum atomic E-state index is -2.88. The highest BCUT2D eigenvalue weighted by Gasteiger charge is 2.12. The quantitative estimate of drug-likeness (QED) is 0.489. The van der Waals surface area contributed by atoms with Crippen LogP contribution in [0.5, 0.6) is 11.5 Å². The first-order valence-electron chi connectivity index (χ1n) is 8.71. The van der Waals surface area contributed by atoms with E-state index < -0.39 is 6.61 Å². The summed E-state index contributed by atoms with van der Waals surface area (Å²) in [6, 6.07) is 5.19. The Hall–Kier alpha value is -2.09. The van der Waals surface area contributed by atoms with Crippen molar-refractivity contribution in [1.82, 2.24) is 15.5 Å². The highest BCUT2D eigenvalue weighted by atomic mass is 19.3. The summed E-state index contributed by atoms with van der Waals surface area (Å²) in [6.07, 6.45) is 0. The summed E-state index contributed by atoms with van der Waals surface area (Å²) in [5.41, 5.74) is 0.560. The number of ether oxygens (including phenoxy) is 2. The molecule has 0 unspecified atom stereocenters. The van der Waals surface area contributed by atoms with Crippen molar-refractivity contribution in [3.05, 3.63) is 23.8 Å². The highest BCUT2D eigenvalue weighted by Crippen LogP contribution is 2.25. The molecule has 148 valence electrons.